The number of halogens is 1. The Morgan fingerprint density at radius 1 is 0.828 bits per heavy atom. The molecule has 0 fully saturated rings. The van der Waals surface area contributed by atoms with Crippen LogP contribution < -0.4 is 8.61 Å². The van der Waals surface area contributed by atoms with Gasteiger partial charge in [-0.2, -0.15) is 0 Å². The summed E-state index contributed by atoms with van der Waals surface area (Å²) in [5.74, 6) is -0.503. The molecule has 0 saturated heterocycles. The lowest BCUT2D eigenvalue weighted by molar-refractivity contribution is 0.402. The van der Waals surface area contributed by atoms with E-state index in [1.54, 1.807) is 28.6 Å². The van der Waals surface area contributed by atoms with E-state index >= 15 is 0 Å². The van der Waals surface area contributed by atoms with E-state index in [4.69, 9.17) is 0 Å². The number of fused-ring (bicyclic) bond motifs is 1. The first kappa shape index (κ1) is 19.7. The second kappa shape index (κ2) is 7.68. The number of nitrogens with zero attached hydrogens (tertiary/aromatic N) is 3. The van der Waals surface area contributed by atoms with Crippen LogP contribution in [0.2, 0.25) is 0 Å². The lowest BCUT2D eigenvalue weighted by atomic mass is 10.1. The number of benzene rings is 3. The maximum Gasteiger partial charge on any atom is 0.148 e. The van der Waals surface area contributed by atoms with E-state index in [0.29, 0.717) is 17.9 Å². The van der Waals surface area contributed by atoms with E-state index in [9.17, 15) is 13.5 Å². The average Bonchev–Trinajstić information content (AvgIpc) is 2.89. The van der Waals surface area contributed by atoms with Crippen LogP contribution in [-0.2, 0) is 13.1 Å². The van der Waals surface area contributed by atoms with Crippen molar-refractivity contribution in [2.75, 3.05) is 22.7 Å². The summed E-state index contributed by atoms with van der Waals surface area (Å²) in [7, 11) is 0.532. The minimum absolute atomic E-state index is 0.142. The van der Waals surface area contributed by atoms with Crippen LogP contribution in [0, 0.1) is 5.82 Å². The molecule has 0 aliphatic carbocycles. The minimum Gasteiger partial charge on any atom is -0.305 e. The summed E-state index contributed by atoms with van der Waals surface area (Å²) in [5, 5.41) is 0. The summed E-state index contributed by atoms with van der Waals surface area (Å²) in [6, 6.07) is 21.4. The van der Waals surface area contributed by atoms with Crippen LogP contribution in [0.25, 0.3) is 0 Å². The molecule has 29 heavy (non-hydrogen) atoms. The van der Waals surface area contributed by atoms with Crippen molar-refractivity contribution in [3.05, 3.63) is 89.7 Å². The van der Waals surface area contributed by atoms with Gasteiger partial charge in [0.15, 0.2) is 0 Å². The number of rotatable bonds is 5. The van der Waals surface area contributed by atoms with Gasteiger partial charge in [-0.25, -0.2) is 13.0 Å². The lowest BCUT2D eigenvalue weighted by Crippen LogP contribution is -2.31. The molecule has 0 amide bonds. The molecule has 1 aliphatic rings. The van der Waals surface area contributed by atoms with Gasteiger partial charge in [0, 0.05) is 6.54 Å². The Morgan fingerprint density at radius 2 is 1.45 bits per heavy atom. The quantitative estimate of drug-likeness (QED) is 0.568. The predicted octanol–water partition coefficient (Wildman–Crippen LogP) is 5.63. The van der Waals surface area contributed by atoms with Crippen LogP contribution in [0.15, 0.2) is 72.8 Å². The van der Waals surface area contributed by atoms with Gasteiger partial charge in [-0.15, -0.1) is 0 Å². The zero-order valence-corrected chi connectivity index (χ0v) is 17.2. The van der Waals surface area contributed by atoms with Crippen LogP contribution in [0.3, 0.4) is 0 Å². The van der Waals surface area contributed by atoms with Crippen molar-refractivity contribution >= 4 is 28.0 Å². The van der Waals surface area contributed by atoms with Gasteiger partial charge in [-0.1, -0.05) is 48.5 Å². The first-order chi connectivity index (χ1) is 13.9. The highest BCUT2D eigenvalue weighted by molar-refractivity contribution is 8.27. The van der Waals surface area contributed by atoms with Gasteiger partial charge in [-0.3, -0.25) is 9.11 Å². The summed E-state index contributed by atoms with van der Waals surface area (Å²) in [6.07, 6.45) is 0. The molecule has 0 radical (unpaired) electrons. The van der Waals surface area contributed by atoms with Crippen LogP contribution in [0.4, 0.5) is 21.5 Å². The van der Waals surface area contributed by atoms with E-state index in [-0.39, 0.29) is 5.69 Å². The smallest absolute Gasteiger partial charge is 0.148 e. The molecular weight excluding hydrogens is 389 g/mol. The molecule has 1 aliphatic heterocycles. The molecule has 2 N–H and O–H groups in total. The van der Waals surface area contributed by atoms with Crippen molar-refractivity contribution < 1.29 is 13.5 Å². The topological polar surface area (TPSA) is 50.2 Å². The van der Waals surface area contributed by atoms with Crippen molar-refractivity contribution in [2.45, 2.75) is 13.1 Å². The van der Waals surface area contributed by atoms with Crippen molar-refractivity contribution in [1.29, 1.82) is 0 Å². The third-order valence-electron chi connectivity index (χ3n) is 4.80. The fraction of sp³-hybridized carbons (Fsp3) is 0.182. The van der Waals surface area contributed by atoms with E-state index in [2.05, 4.69) is 11.0 Å². The summed E-state index contributed by atoms with van der Waals surface area (Å²) >= 11 is 0. The van der Waals surface area contributed by atoms with Crippen molar-refractivity contribution in [3.63, 3.8) is 0 Å². The van der Waals surface area contributed by atoms with Gasteiger partial charge in [0.2, 0.25) is 0 Å². The average molecular weight is 414 g/mol. The Labute approximate surface area is 172 Å². The molecule has 0 bridgehead atoms. The molecule has 3 aromatic carbocycles. The predicted molar refractivity (Wildman–Crippen MR) is 118 cm³/mol. The molecular formula is C22H24FN3O2S. The van der Waals surface area contributed by atoms with Gasteiger partial charge < -0.3 is 4.90 Å². The molecule has 0 unspecified atom stereocenters. The van der Waals surface area contributed by atoms with E-state index < -0.39 is 16.8 Å². The Morgan fingerprint density at radius 3 is 2.14 bits per heavy atom. The second-order valence-corrected chi connectivity index (χ2v) is 9.10. The Hall–Kier alpha value is -2.58. The van der Waals surface area contributed by atoms with E-state index in [0.717, 1.165) is 17.7 Å². The van der Waals surface area contributed by atoms with Gasteiger partial charge in [0.05, 0.1) is 17.9 Å². The van der Waals surface area contributed by atoms with Crippen LogP contribution in [0.1, 0.15) is 11.1 Å². The minimum atomic E-state index is -3.48. The molecule has 3 aromatic rings. The second-order valence-electron chi connectivity index (χ2n) is 7.32. The third kappa shape index (κ3) is 3.70. The number of hydrogen-bond acceptors (Lipinski definition) is 5. The highest BCUT2D eigenvalue weighted by atomic mass is 32.3. The number of hydrogen-bond donors (Lipinski definition) is 2. The molecule has 0 saturated carbocycles. The molecule has 4 rings (SSSR count). The highest BCUT2D eigenvalue weighted by Gasteiger charge is 2.42. The maximum atomic E-state index is 14.5. The molecule has 0 aromatic heterocycles. The Kier molecular flexibility index (Phi) is 5.23. The van der Waals surface area contributed by atoms with Crippen LogP contribution in [-0.4, -0.2) is 28.1 Å². The molecule has 7 heteroatoms. The van der Waals surface area contributed by atoms with Crippen LogP contribution in [0.5, 0.6) is 0 Å². The summed E-state index contributed by atoms with van der Waals surface area (Å²) < 4.78 is 39.8. The standard InChI is InChI=1S/C22H24FN3O2S/c1-24(2)15-17-8-7-9-18(14-17)16-25-21-12-5-6-13-22(21)26(29(25,27)28)20-11-4-3-10-19(20)23/h3-14,27-28H,15-16H2,1-2H3. The highest BCUT2D eigenvalue weighted by Crippen LogP contribution is 2.64. The van der Waals surface area contributed by atoms with Gasteiger partial charge in [0.1, 0.15) is 11.5 Å². The summed E-state index contributed by atoms with van der Waals surface area (Å²) in [4.78, 5) is 2.08. The zero-order chi connectivity index (χ0) is 20.6. The van der Waals surface area contributed by atoms with Crippen molar-refractivity contribution in [2.24, 2.45) is 0 Å². The number of para-hydroxylation sites is 3. The monoisotopic (exact) mass is 413 g/mol. The molecule has 5 nitrogen and oxygen atoms in total. The lowest BCUT2D eigenvalue weighted by Gasteiger charge is -2.43. The molecule has 152 valence electrons. The normalized spacial score (nSPS) is 16.2. The van der Waals surface area contributed by atoms with Crippen LogP contribution >= 0.6 is 11.0 Å². The first-order valence-corrected chi connectivity index (χ1v) is 10.8. The van der Waals surface area contributed by atoms with Gasteiger partial charge >= 0.3 is 0 Å². The largest absolute Gasteiger partial charge is 0.305 e. The fourth-order valence-corrected chi connectivity index (χ4v) is 5.38. The van der Waals surface area contributed by atoms with E-state index in [1.165, 1.54) is 10.4 Å². The maximum absolute atomic E-state index is 14.5. The number of anilines is 3. The summed E-state index contributed by atoms with van der Waals surface area (Å²) in [5.41, 5.74) is 3.47. The molecule has 1 heterocycles. The van der Waals surface area contributed by atoms with Gasteiger partial charge in [0.25, 0.3) is 0 Å². The Bertz CT molecular complexity index is 1030. The first-order valence-electron chi connectivity index (χ1n) is 9.30. The van der Waals surface area contributed by atoms with E-state index in [1.807, 2.05) is 50.5 Å². The summed E-state index contributed by atoms with van der Waals surface area (Å²) in [6.45, 7) is 1.09. The van der Waals surface area contributed by atoms with Crippen molar-refractivity contribution in [1.82, 2.24) is 4.90 Å². The van der Waals surface area contributed by atoms with Gasteiger partial charge in [-0.05, 0) is 60.4 Å². The molecule has 0 atom stereocenters. The zero-order valence-electron chi connectivity index (χ0n) is 16.4. The molecule has 0 spiro atoms. The fourth-order valence-electron chi connectivity index (χ4n) is 3.62. The SMILES string of the molecule is CN(C)Cc1cccc(CN2c3ccccc3N(c3ccccc3F)S2(O)O)c1. The van der Waals surface area contributed by atoms with Crippen molar-refractivity contribution in [3.8, 4) is 0 Å². The third-order valence-corrected chi connectivity index (χ3v) is 6.60. The Balaban J connectivity index is 1.74.